The number of hydrogen-bond donors (Lipinski definition) is 0. The van der Waals surface area contributed by atoms with Gasteiger partial charge in [0.05, 0.1) is 6.54 Å². The molecule has 0 N–H and O–H groups in total. The van der Waals surface area contributed by atoms with Crippen LogP contribution in [0.3, 0.4) is 0 Å². The van der Waals surface area contributed by atoms with Crippen molar-refractivity contribution in [3.8, 4) is 0 Å². The molecule has 0 atom stereocenters. The van der Waals surface area contributed by atoms with Gasteiger partial charge in [-0.1, -0.05) is 30.3 Å². The van der Waals surface area contributed by atoms with Crippen LogP contribution in [0.1, 0.15) is 5.56 Å². The lowest BCUT2D eigenvalue weighted by molar-refractivity contribution is 0.121. The van der Waals surface area contributed by atoms with Gasteiger partial charge in [0, 0.05) is 45.8 Å². The highest BCUT2D eigenvalue weighted by Crippen LogP contribution is 2.07. The molecule has 120 valence electrons. The van der Waals surface area contributed by atoms with E-state index < -0.39 is 0 Å². The Balaban J connectivity index is 1.33. The quantitative estimate of drug-likeness (QED) is 0.794. The first-order chi connectivity index (χ1) is 10.8. The standard InChI is InChI=1S/C17H25N3O2/c21-17-20(14-15-22-17)13-12-19-10-8-18(9-11-19)7-6-16-4-2-1-3-5-16/h1-5H,6-15H2. The highest BCUT2D eigenvalue weighted by Gasteiger charge is 2.23. The van der Waals surface area contributed by atoms with Crippen molar-refractivity contribution in [3.63, 3.8) is 0 Å². The van der Waals surface area contributed by atoms with Gasteiger partial charge in [-0.25, -0.2) is 4.79 Å². The van der Waals surface area contributed by atoms with E-state index in [2.05, 4.69) is 40.1 Å². The summed E-state index contributed by atoms with van der Waals surface area (Å²) in [6, 6.07) is 10.7. The average molecular weight is 303 g/mol. The van der Waals surface area contributed by atoms with Crippen molar-refractivity contribution < 1.29 is 9.53 Å². The third-order valence-corrected chi connectivity index (χ3v) is 4.56. The van der Waals surface area contributed by atoms with Gasteiger partial charge in [0.1, 0.15) is 6.61 Å². The number of benzene rings is 1. The average Bonchev–Trinajstić information content (AvgIpc) is 2.98. The molecule has 2 aliphatic heterocycles. The third-order valence-electron chi connectivity index (χ3n) is 4.56. The molecule has 1 aromatic carbocycles. The Labute approximate surface area is 132 Å². The van der Waals surface area contributed by atoms with Crippen molar-refractivity contribution in [2.24, 2.45) is 0 Å². The van der Waals surface area contributed by atoms with Gasteiger partial charge in [-0.3, -0.25) is 4.90 Å². The van der Waals surface area contributed by atoms with E-state index in [1.807, 2.05) is 4.90 Å². The number of nitrogens with zero attached hydrogens (tertiary/aromatic N) is 3. The summed E-state index contributed by atoms with van der Waals surface area (Å²) in [5.74, 6) is 0. The van der Waals surface area contributed by atoms with E-state index in [1.165, 1.54) is 5.56 Å². The van der Waals surface area contributed by atoms with Gasteiger partial charge in [0.25, 0.3) is 0 Å². The van der Waals surface area contributed by atoms with E-state index in [9.17, 15) is 4.79 Å². The van der Waals surface area contributed by atoms with Crippen LogP contribution in [0.25, 0.3) is 0 Å². The summed E-state index contributed by atoms with van der Waals surface area (Å²) in [4.78, 5) is 18.2. The minimum absolute atomic E-state index is 0.151. The molecular formula is C17H25N3O2. The molecule has 1 aromatic rings. The highest BCUT2D eigenvalue weighted by molar-refractivity contribution is 5.69. The molecule has 0 bridgehead atoms. The molecule has 0 aromatic heterocycles. The molecule has 22 heavy (non-hydrogen) atoms. The van der Waals surface area contributed by atoms with E-state index >= 15 is 0 Å². The molecule has 1 amide bonds. The van der Waals surface area contributed by atoms with Crippen LogP contribution in [-0.2, 0) is 11.2 Å². The van der Waals surface area contributed by atoms with Crippen molar-refractivity contribution in [1.29, 1.82) is 0 Å². The maximum absolute atomic E-state index is 11.4. The molecule has 0 saturated carbocycles. The molecule has 5 heteroatoms. The van der Waals surface area contributed by atoms with E-state index in [1.54, 1.807) is 0 Å². The monoisotopic (exact) mass is 303 g/mol. The fourth-order valence-electron chi connectivity index (χ4n) is 3.06. The zero-order valence-electron chi connectivity index (χ0n) is 13.1. The molecule has 2 aliphatic rings. The fraction of sp³-hybridized carbons (Fsp3) is 0.588. The van der Waals surface area contributed by atoms with Crippen LogP contribution < -0.4 is 0 Å². The van der Waals surface area contributed by atoms with Gasteiger partial charge in [-0.2, -0.15) is 0 Å². The second-order valence-corrected chi connectivity index (χ2v) is 6.02. The number of piperazine rings is 1. The summed E-state index contributed by atoms with van der Waals surface area (Å²) < 4.78 is 4.96. The lowest BCUT2D eigenvalue weighted by Crippen LogP contribution is -2.48. The first-order valence-corrected chi connectivity index (χ1v) is 8.21. The van der Waals surface area contributed by atoms with Crippen LogP contribution in [0.15, 0.2) is 30.3 Å². The summed E-state index contributed by atoms with van der Waals surface area (Å²) in [7, 11) is 0. The molecule has 2 saturated heterocycles. The van der Waals surface area contributed by atoms with Gasteiger partial charge in [-0.15, -0.1) is 0 Å². The number of cyclic esters (lactones) is 1. The highest BCUT2D eigenvalue weighted by atomic mass is 16.6. The summed E-state index contributed by atoms with van der Waals surface area (Å²) in [5, 5.41) is 0. The zero-order valence-corrected chi connectivity index (χ0v) is 13.1. The van der Waals surface area contributed by atoms with E-state index in [0.717, 1.165) is 58.8 Å². The lowest BCUT2D eigenvalue weighted by atomic mass is 10.1. The molecule has 3 rings (SSSR count). The predicted octanol–water partition coefficient (Wildman–Crippen LogP) is 1.30. The first kappa shape index (κ1) is 15.3. The predicted molar refractivity (Wildman–Crippen MR) is 85.9 cm³/mol. The van der Waals surface area contributed by atoms with Gasteiger partial charge < -0.3 is 14.5 Å². The zero-order chi connectivity index (χ0) is 15.2. The summed E-state index contributed by atoms with van der Waals surface area (Å²) in [6.07, 6.45) is 0.974. The summed E-state index contributed by atoms with van der Waals surface area (Å²) in [6.45, 7) is 8.62. The number of rotatable bonds is 6. The molecule has 2 fully saturated rings. The van der Waals surface area contributed by atoms with Crippen LogP contribution >= 0.6 is 0 Å². The van der Waals surface area contributed by atoms with Crippen molar-refractivity contribution in [2.75, 3.05) is 59.0 Å². The van der Waals surface area contributed by atoms with Gasteiger partial charge in [0.15, 0.2) is 0 Å². The first-order valence-electron chi connectivity index (χ1n) is 8.21. The Morgan fingerprint density at radius 1 is 0.864 bits per heavy atom. The van der Waals surface area contributed by atoms with E-state index in [0.29, 0.717) is 6.61 Å². The Morgan fingerprint density at radius 3 is 2.18 bits per heavy atom. The summed E-state index contributed by atoms with van der Waals surface area (Å²) >= 11 is 0. The largest absolute Gasteiger partial charge is 0.448 e. The Morgan fingerprint density at radius 2 is 1.55 bits per heavy atom. The summed E-state index contributed by atoms with van der Waals surface area (Å²) in [5.41, 5.74) is 1.41. The number of amides is 1. The number of carbonyl (C=O) groups excluding carboxylic acids is 1. The van der Waals surface area contributed by atoms with Crippen LogP contribution in [0.5, 0.6) is 0 Å². The van der Waals surface area contributed by atoms with E-state index in [4.69, 9.17) is 4.74 Å². The van der Waals surface area contributed by atoms with Crippen LogP contribution in [0.2, 0.25) is 0 Å². The number of hydrogen-bond acceptors (Lipinski definition) is 4. The van der Waals surface area contributed by atoms with Gasteiger partial charge >= 0.3 is 6.09 Å². The van der Waals surface area contributed by atoms with Crippen molar-refractivity contribution >= 4 is 6.09 Å². The molecule has 0 aliphatic carbocycles. The SMILES string of the molecule is O=C1OCCN1CCN1CCN(CCc2ccccc2)CC1. The minimum atomic E-state index is -0.151. The second-order valence-electron chi connectivity index (χ2n) is 6.02. The topological polar surface area (TPSA) is 36.0 Å². The minimum Gasteiger partial charge on any atom is -0.448 e. The van der Waals surface area contributed by atoms with Crippen molar-refractivity contribution in [2.45, 2.75) is 6.42 Å². The van der Waals surface area contributed by atoms with Crippen LogP contribution in [0, 0.1) is 0 Å². The third kappa shape index (κ3) is 4.21. The fourth-order valence-corrected chi connectivity index (χ4v) is 3.06. The smallest absolute Gasteiger partial charge is 0.409 e. The van der Waals surface area contributed by atoms with Crippen molar-refractivity contribution in [3.05, 3.63) is 35.9 Å². The number of ether oxygens (including phenoxy) is 1. The molecule has 2 heterocycles. The second kappa shape index (κ2) is 7.61. The van der Waals surface area contributed by atoms with Gasteiger partial charge in [0.2, 0.25) is 0 Å². The molecule has 0 radical (unpaired) electrons. The molecule has 5 nitrogen and oxygen atoms in total. The molecule has 0 unspecified atom stereocenters. The number of carbonyl (C=O) groups is 1. The van der Waals surface area contributed by atoms with Crippen LogP contribution in [0.4, 0.5) is 4.79 Å². The maximum atomic E-state index is 11.4. The normalized spacial score (nSPS) is 20.4. The van der Waals surface area contributed by atoms with Crippen molar-refractivity contribution in [1.82, 2.24) is 14.7 Å². The lowest BCUT2D eigenvalue weighted by Gasteiger charge is -2.35. The van der Waals surface area contributed by atoms with Gasteiger partial charge in [-0.05, 0) is 12.0 Å². The Bertz CT molecular complexity index is 472. The molecule has 0 spiro atoms. The van der Waals surface area contributed by atoms with E-state index in [-0.39, 0.29) is 6.09 Å². The Hall–Kier alpha value is -1.59. The maximum Gasteiger partial charge on any atom is 0.409 e. The Kier molecular flexibility index (Phi) is 5.29. The van der Waals surface area contributed by atoms with Crippen LogP contribution in [-0.4, -0.2) is 79.8 Å². The molecular weight excluding hydrogens is 278 g/mol.